The van der Waals surface area contributed by atoms with Gasteiger partial charge in [0.05, 0.1) is 0 Å². The van der Waals surface area contributed by atoms with Crippen LogP contribution in [0.25, 0.3) is 0 Å². The lowest BCUT2D eigenvalue weighted by atomic mass is 10.00. The molecule has 0 spiro atoms. The van der Waals surface area contributed by atoms with Gasteiger partial charge >= 0.3 is 0 Å². The largest absolute Gasteiger partial charge is 0.330 e. The van der Waals surface area contributed by atoms with Crippen LogP contribution in [0.3, 0.4) is 0 Å². The number of likely N-dealkylation sites (tertiary alicyclic amines) is 1. The molecule has 0 aromatic heterocycles. The van der Waals surface area contributed by atoms with E-state index < -0.39 is 0 Å². The fraction of sp³-hybridized carbons (Fsp3) is 0.538. The second kappa shape index (κ2) is 5.21. The Kier molecular flexibility index (Phi) is 3.90. The van der Waals surface area contributed by atoms with Crippen LogP contribution in [-0.4, -0.2) is 31.3 Å². The Morgan fingerprint density at radius 2 is 2.31 bits per heavy atom. The maximum absolute atomic E-state index is 5.76. The van der Waals surface area contributed by atoms with Gasteiger partial charge in [-0.15, -0.1) is 11.8 Å². The molecule has 2 atom stereocenters. The lowest BCUT2D eigenvalue weighted by Gasteiger charge is -2.20. The van der Waals surface area contributed by atoms with E-state index in [9.17, 15) is 0 Å². The quantitative estimate of drug-likeness (QED) is 0.817. The van der Waals surface area contributed by atoms with Gasteiger partial charge in [0, 0.05) is 17.5 Å². The molecule has 1 fully saturated rings. The van der Waals surface area contributed by atoms with E-state index in [-0.39, 0.29) is 0 Å². The number of benzene rings is 1. The topological polar surface area (TPSA) is 29.3 Å². The standard InChI is InChI=1S/C13H20N2S/c1-15-9-10(8-14)6-13(15)11-4-3-5-12(7-11)16-2/h3-5,7,10,13H,6,8-9,14H2,1-2H3. The van der Waals surface area contributed by atoms with Crippen LogP contribution in [0.1, 0.15) is 18.0 Å². The molecule has 2 nitrogen and oxygen atoms in total. The summed E-state index contributed by atoms with van der Waals surface area (Å²) in [4.78, 5) is 3.78. The number of nitrogens with zero attached hydrogens (tertiary/aromatic N) is 1. The van der Waals surface area contributed by atoms with Gasteiger partial charge in [0.2, 0.25) is 0 Å². The number of nitrogens with two attached hydrogens (primary N) is 1. The summed E-state index contributed by atoms with van der Waals surface area (Å²) in [6, 6.07) is 9.43. The molecule has 0 amide bonds. The Balaban J connectivity index is 2.17. The predicted molar refractivity (Wildman–Crippen MR) is 70.8 cm³/mol. The van der Waals surface area contributed by atoms with E-state index in [0.29, 0.717) is 12.0 Å². The molecule has 3 heteroatoms. The van der Waals surface area contributed by atoms with E-state index in [4.69, 9.17) is 5.73 Å². The van der Waals surface area contributed by atoms with E-state index in [1.807, 2.05) is 0 Å². The molecule has 1 aliphatic rings. The first-order valence-electron chi connectivity index (χ1n) is 5.79. The maximum Gasteiger partial charge on any atom is 0.0349 e. The summed E-state index contributed by atoms with van der Waals surface area (Å²) in [5.74, 6) is 0.660. The zero-order chi connectivity index (χ0) is 11.5. The summed E-state index contributed by atoms with van der Waals surface area (Å²) in [6.45, 7) is 1.94. The molecule has 1 aromatic rings. The molecule has 0 aliphatic carbocycles. The second-order valence-corrected chi connectivity index (χ2v) is 5.45. The van der Waals surface area contributed by atoms with Gasteiger partial charge in [-0.3, -0.25) is 4.90 Å². The van der Waals surface area contributed by atoms with Gasteiger partial charge in [0.1, 0.15) is 0 Å². The number of hydrogen-bond donors (Lipinski definition) is 1. The minimum absolute atomic E-state index is 0.556. The first kappa shape index (κ1) is 12.0. The summed E-state index contributed by atoms with van der Waals surface area (Å²) in [5, 5.41) is 0. The van der Waals surface area contributed by atoms with Crippen molar-refractivity contribution in [3.63, 3.8) is 0 Å². The van der Waals surface area contributed by atoms with Crippen molar-refractivity contribution in [3.05, 3.63) is 29.8 Å². The summed E-state index contributed by atoms with van der Waals surface area (Å²) in [5.41, 5.74) is 7.20. The van der Waals surface area contributed by atoms with Crippen LogP contribution in [-0.2, 0) is 0 Å². The zero-order valence-corrected chi connectivity index (χ0v) is 10.8. The molecule has 16 heavy (non-hydrogen) atoms. The van der Waals surface area contributed by atoms with Crippen molar-refractivity contribution in [3.8, 4) is 0 Å². The van der Waals surface area contributed by atoms with Crippen molar-refractivity contribution >= 4 is 11.8 Å². The molecule has 1 saturated heterocycles. The normalized spacial score (nSPS) is 26.2. The molecule has 1 heterocycles. The average molecular weight is 236 g/mol. The third-order valence-electron chi connectivity index (χ3n) is 3.45. The predicted octanol–water partition coefficient (Wildman–Crippen LogP) is 2.36. The minimum Gasteiger partial charge on any atom is -0.330 e. The highest BCUT2D eigenvalue weighted by Gasteiger charge is 2.29. The average Bonchev–Trinajstić information content (AvgIpc) is 2.71. The van der Waals surface area contributed by atoms with Gasteiger partial charge < -0.3 is 5.73 Å². The fourth-order valence-corrected chi connectivity index (χ4v) is 2.98. The fourth-order valence-electron chi connectivity index (χ4n) is 2.51. The SMILES string of the molecule is CSc1cccc(C2CC(CN)CN2C)c1. The molecular weight excluding hydrogens is 216 g/mol. The summed E-state index contributed by atoms with van der Waals surface area (Å²) in [6.07, 6.45) is 3.32. The van der Waals surface area contributed by atoms with Crippen LogP contribution in [0.2, 0.25) is 0 Å². The van der Waals surface area contributed by atoms with Crippen LogP contribution in [0.15, 0.2) is 29.2 Å². The smallest absolute Gasteiger partial charge is 0.0349 e. The molecule has 0 radical (unpaired) electrons. The Hall–Kier alpha value is -0.510. The molecular formula is C13H20N2S. The van der Waals surface area contributed by atoms with Gasteiger partial charge in [0.15, 0.2) is 0 Å². The lowest BCUT2D eigenvalue weighted by molar-refractivity contribution is 0.313. The van der Waals surface area contributed by atoms with E-state index in [0.717, 1.165) is 13.1 Å². The van der Waals surface area contributed by atoms with Crippen LogP contribution >= 0.6 is 11.8 Å². The number of hydrogen-bond acceptors (Lipinski definition) is 3. The van der Waals surface area contributed by atoms with Crippen molar-refractivity contribution in [2.24, 2.45) is 11.7 Å². The molecule has 1 aliphatic heterocycles. The van der Waals surface area contributed by atoms with Crippen LogP contribution in [0, 0.1) is 5.92 Å². The van der Waals surface area contributed by atoms with Gasteiger partial charge in [-0.05, 0) is 49.9 Å². The van der Waals surface area contributed by atoms with Crippen LogP contribution < -0.4 is 5.73 Å². The molecule has 88 valence electrons. The van der Waals surface area contributed by atoms with E-state index >= 15 is 0 Å². The summed E-state index contributed by atoms with van der Waals surface area (Å²) < 4.78 is 0. The summed E-state index contributed by atoms with van der Waals surface area (Å²) >= 11 is 1.81. The van der Waals surface area contributed by atoms with Gasteiger partial charge in [-0.25, -0.2) is 0 Å². The molecule has 2 N–H and O–H groups in total. The van der Waals surface area contributed by atoms with E-state index in [1.54, 1.807) is 11.8 Å². The van der Waals surface area contributed by atoms with Gasteiger partial charge in [-0.2, -0.15) is 0 Å². The van der Waals surface area contributed by atoms with Crippen molar-refractivity contribution < 1.29 is 0 Å². The third-order valence-corrected chi connectivity index (χ3v) is 4.17. The molecule has 2 rings (SSSR count). The van der Waals surface area contributed by atoms with Crippen molar-refractivity contribution in [2.45, 2.75) is 17.4 Å². The minimum atomic E-state index is 0.556. The lowest BCUT2D eigenvalue weighted by Crippen LogP contribution is -2.20. The van der Waals surface area contributed by atoms with Gasteiger partial charge in [0.25, 0.3) is 0 Å². The van der Waals surface area contributed by atoms with Crippen LogP contribution in [0.5, 0.6) is 0 Å². The van der Waals surface area contributed by atoms with Crippen molar-refractivity contribution in [1.29, 1.82) is 0 Å². The van der Waals surface area contributed by atoms with Gasteiger partial charge in [-0.1, -0.05) is 12.1 Å². The van der Waals surface area contributed by atoms with Crippen molar-refractivity contribution in [2.75, 3.05) is 26.4 Å². The zero-order valence-electron chi connectivity index (χ0n) is 10.0. The van der Waals surface area contributed by atoms with E-state index in [2.05, 4.69) is 42.5 Å². The Morgan fingerprint density at radius 3 is 2.94 bits per heavy atom. The molecule has 1 aromatic carbocycles. The Bertz CT molecular complexity index is 354. The summed E-state index contributed by atoms with van der Waals surface area (Å²) in [7, 11) is 2.20. The number of thioether (sulfide) groups is 1. The maximum atomic E-state index is 5.76. The first-order valence-corrected chi connectivity index (χ1v) is 7.01. The van der Waals surface area contributed by atoms with Crippen molar-refractivity contribution in [1.82, 2.24) is 4.90 Å². The molecule has 2 unspecified atom stereocenters. The third kappa shape index (κ3) is 2.42. The Labute approximate surface area is 102 Å². The molecule has 0 bridgehead atoms. The highest BCUT2D eigenvalue weighted by atomic mass is 32.2. The monoisotopic (exact) mass is 236 g/mol. The Morgan fingerprint density at radius 1 is 1.50 bits per heavy atom. The van der Waals surface area contributed by atoms with Crippen LogP contribution in [0.4, 0.5) is 0 Å². The second-order valence-electron chi connectivity index (χ2n) is 4.57. The van der Waals surface area contributed by atoms with E-state index in [1.165, 1.54) is 16.9 Å². The number of rotatable bonds is 3. The highest BCUT2D eigenvalue weighted by molar-refractivity contribution is 7.98. The highest BCUT2D eigenvalue weighted by Crippen LogP contribution is 2.34. The first-order chi connectivity index (χ1) is 7.74. The molecule has 0 saturated carbocycles.